The lowest BCUT2D eigenvalue weighted by molar-refractivity contribution is -0.141. The zero-order chi connectivity index (χ0) is 13.0. The number of hydrogen-bond donors (Lipinski definition) is 1. The van der Waals surface area contributed by atoms with Crippen molar-refractivity contribution in [2.75, 3.05) is 31.4 Å². The summed E-state index contributed by atoms with van der Waals surface area (Å²) in [5, 5.41) is 3.13. The van der Waals surface area contributed by atoms with Gasteiger partial charge in [-0.1, -0.05) is 0 Å². The minimum absolute atomic E-state index is 0.263. The van der Waals surface area contributed by atoms with Gasteiger partial charge < -0.3 is 15.0 Å². The molecule has 1 unspecified atom stereocenters. The summed E-state index contributed by atoms with van der Waals surface area (Å²) in [5.41, 5.74) is 3.19. The SMILES string of the molecule is COC(=O)C(C)Nc1ccc(N(C)C)cc1C. The number of hydrogen-bond acceptors (Lipinski definition) is 4. The van der Waals surface area contributed by atoms with E-state index in [1.807, 2.05) is 38.1 Å². The molecule has 1 aromatic carbocycles. The van der Waals surface area contributed by atoms with Gasteiger partial charge in [-0.05, 0) is 37.6 Å². The van der Waals surface area contributed by atoms with Crippen LogP contribution in [0.15, 0.2) is 18.2 Å². The molecule has 1 N–H and O–H groups in total. The third-order valence-electron chi connectivity index (χ3n) is 2.65. The number of esters is 1. The highest BCUT2D eigenvalue weighted by atomic mass is 16.5. The van der Waals surface area contributed by atoms with Gasteiger partial charge in [0.05, 0.1) is 7.11 Å². The summed E-state index contributed by atoms with van der Waals surface area (Å²) < 4.78 is 4.68. The molecule has 0 fully saturated rings. The maximum absolute atomic E-state index is 11.3. The van der Waals surface area contributed by atoms with Crippen LogP contribution in [-0.4, -0.2) is 33.2 Å². The Balaban J connectivity index is 2.83. The first-order chi connectivity index (χ1) is 7.95. The molecule has 0 aliphatic heterocycles. The Bertz CT molecular complexity index is 402. The first kappa shape index (κ1) is 13.4. The molecule has 1 aromatic rings. The molecular weight excluding hydrogens is 216 g/mol. The zero-order valence-corrected chi connectivity index (χ0v) is 11.1. The smallest absolute Gasteiger partial charge is 0.327 e. The van der Waals surface area contributed by atoms with E-state index >= 15 is 0 Å². The summed E-state index contributed by atoms with van der Waals surface area (Å²) in [5.74, 6) is -0.263. The fraction of sp³-hybridized carbons (Fsp3) is 0.462. The molecule has 0 radical (unpaired) electrons. The number of anilines is 2. The van der Waals surface area contributed by atoms with Crippen molar-refractivity contribution in [1.29, 1.82) is 0 Å². The predicted octanol–water partition coefficient (Wildman–Crippen LogP) is 2.03. The van der Waals surface area contributed by atoms with Crippen LogP contribution >= 0.6 is 0 Å². The lowest BCUT2D eigenvalue weighted by Gasteiger charge is -2.18. The number of nitrogens with zero attached hydrogens (tertiary/aromatic N) is 1. The third kappa shape index (κ3) is 3.37. The highest BCUT2D eigenvalue weighted by molar-refractivity contribution is 5.79. The van der Waals surface area contributed by atoms with Crippen LogP contribution < -0.4 is 10.2 Å². The van der Waals surface area contributed by atoms with E-state index in [-0.39, 0.29) is 12.0 Å². The maximum atomic E-state index is 11.3. The third-order valence-corrected chi connectivity index (χ3v) is 2.65. The first-order valence-corrected chi connectivity index (χ1v) is 5.58. The van der Waals surface area contributed by atoms with Crippen molar-refractivity contribution >= 4 is 17.3 Å². The highest BCUT2D eigenvalue weighted by Gasteiger charge is 2.13. The van der Waals surface area contributed by atoms with Gasteiger partial charge in [-0.2, -0.15) is 0 Å². The van der Waals surface area contributed by atoms with Crippen LogP contribution in [0.5, 0.6) is 0 Å². The summed E-state index contributed by atoms with van der Waals surface area (Å²) in [6.07, 6.45) is 0. The molecule has 94 valence electrons. The van der Waals surface area contributed by atoms with E-state index in [1.54, 1.807) is 6.92 Å². The molecule has 0 heterocycles. The minimum Gasteiger partial charge on any atom is -0.467 e. The first-order valence-electron chi connectivity index (χ1n) is 5.58. The Hall–Kier alpha value is -1.71. The van der Waals surface area contributed by atoms with Gasteiger partial charge in [0.15, 0.2) is 0 Å². The molecule has 0 aliphatic carbocycles. The second-order valence-electron chi connectivity index (χ2n) is 4.28. The molecule has 4 nitrogen and oxygen atoms in total. The Labute approximate surface area is 103 Å². The number of aryl methyl sites for hydroxylation is 1. The number of carbonyl (C=O) groups is 1. The number of benzene rings is 1. The van der Waals surface area contributed by atoms with Gasteiger partial charge in [0.25, 0.3) is 0 Å². The quantitative estimate of drug-likeness (QED) is 0.812. The average Bonchev–Trinajstić information content (AvgIpc) is 2.30. The summed E-state index contributed by atoms with van der Waals surface area (Å²) in [6.45, 7) is 3.80. The van der Waals surface area contributed by atoms with Gasteiger partial charge in [-0.3, -0.25) is 0 Å². The number of rotatable bonds is 4. The van der Waals surface area contributed by atoms with E-state index in [0.29, 0.717) is 0 Å². The molecule has 0 aliphatic rings. The van der Waals surface area contributed by atoms with Gasteiger partial charge in [-0.15, -0.1) is 0 Å². The van der Waals surface area contributed by atoms with Crippen LogP contribution in [0.2, 0.25) is 0 Å². The van der Waals surface area contributed by atoms with E-state index in [4.69, 9.17) is 0 Å². The predicted molar refractivity (Wildman–Crippen MR) is 70.6 cm³/mol. The maximum Gasteiger partial charge on any atom is 0.327 e. The Morgan fingerprint density at radius 3 is 2.53 bits per heavy atom. The Kier molecular flexibility index (Phi) is 4.37. The normalized spacial score (nSPS) is 11.8. The van der Waals surface area contributed by atoms with E-state index in [9.17, 15) is 4.79 Å². The van der Waals surface area contributed by atoms with Crippen LogP contribution in [-0.2, 0) is 9.53 Å². The van der Waals surface area contributed by atoms with E-state index in [0.717, 1.165) is 16.9 Å². The molecule has 17 heavy (non-hydrogen) atoms. The van der Waals surface area contributed by atoms with E-state index in [1.165, 1.54) is 7.11 Å². The van der Waals surface area contributed by atoms with Crippen molar-refractivity contribution < 1.29 is 9.53 Å². The van der Waals surface area contributed by atoms with Crippen LogP contribution in [0.1, 0.15) is 12.5 Å². The lowest BCUT2D eigenvalue weighted by atomic mass is 10.1. The lowest BCUT2D eigenvalue weighted by Crippen LogP contribution is -2.27. The standard InChI is InChI=1S/C13H20N2O2/c1-9-8-11(15(3)4)6-7-12(9)14-10(2)13(16)17-5/h6-8,10,14H,1-5H3. The molecule has 0 amide bonds. The monoisotopic (exact) mass is 236 g/mol. The Morgan fingerprint density at radius 2 is 2.06 bits per heavy atom. The summed E-state index contributed by atoms with van der Waals surface area (Å²) in [7, 11) is 5.39. The van der Waals surface area contributed by atoms with Gasteiger partial charge in [0.2, 0.25) is 0 Å². The minimum atomic E-state index is -0.344. The summed E-state index contributed by atoms with van der Waals surface area (Å²) >= 11 is 0. The van der Waals surface area contributed by atoms with Crippen LogP contribution in [0.25, 0.3) is 0 Å². The van der Waals surface area contributed by atoms with Gasteiger partial charge in [0, 0.05) is 25.5 Å². The largest absolute Gasteiger partial charge is 0.467 e. The summed E-state index contributed by atoms with van der Waals surface area (Å²) in [4.78, 5) is 13.4. The molecule has 0 saturated heterocycles. The average molecular weight is 236 g/mol. The van der Waals surface area contributed by atoms with Crippen LogP contribution in [0.3, 0.4) is 0 Å². The molecule has 0 bridgehead atoms. The highest BCUT2D eigenvalue weighted by Crippen LogP contribution is 2.21. The topological polar surface area (TPSA) is 41.6 Å². The van der Waals surface area contributed by atoms with Crippen molar-refractivity contribution in [3.05, 3.63) is 23.8 Å². The molecular formula is C13H20N2O2. The summed E-state index contributed by atoms with van der Waals surface area (Å²) in [6, 6.07) is 5.72. The van der Waals surface area contributed by atoms with E-state index in [2.05, 4.69) is 16.1 Å². The zero-order valence-electron chi connectivity index (χ0n) is 11.1. The molecule has 0 spiro atoms. The van der Waals surface area contributed by atoms with Gasteiger partial charge in [-0.25, -0.2) is 4.79 Å². The second-order valence-corrected chi connectivity index (χ2v) is 4.28. The van der Waals surface area contributed by atoms with Crippen LogP contribution in [0.4, 0.5) is 11.4 Å². The number of ether oxygens (including phenoxy) is 1. The molecule has 4 heteroatoms. The van der Waals surface area contributed by atoms with E-state index < -0.39 is 0 Å². The van der Waals surface area contributed by atoms with Crippen molar-refractivity contribution in [2.45, 2.75) is 19.9 Å². The number of methoxy groups -OCH3 is 1. The fourth-order valence-corrected chi connectivity index (χ4v) is 1.56. The van der Waals surface area contributed by atoms with Gasteiger partial charge in [0.1, 0.15) is 6.04 Å². The van der Waals surface area contributed by atoms with Crippen molar-refractivity contribution in [2.24, 2.45) is 0 Å². The number of nitrogens with one attached hydrogen (secondary N) is 1. The molecule has 0 saturated carbocycles. The number of carbonyl (C=O) groups excluding carboxylic acids is 1. The Morgan fingerprint density at radius 1 is 1.41 bits per heavy atom. The molecule has 1 rings (SSSR count). The van der Waals surface area contributed by atoms with Crippen molar-refractivity contribution in [3.63, 3.8) is 0 Å². The van der Waals surface area contributed by atoms with Gasteiger partial charge >= 0.3 is 5.97 Å². The molecule has 0 aromatic heterocycles. The van der Waals surface area contributed by atoms with Crippen LogP contribution in [0, 0.1) is 6.92 Å². The fourth-order valence-electron chi connectivity index (χ4n) is 1.56. The second kappa shape index (κ2) is 5.57. The molecule has 1 atom stereocenters. The van der Waals surface area contributed by atoms with Crippen molar-refractivity contribution in [1.82, 2.24) is 0 Å². The van der Waals surface area contributed by atoms with Crippen molar-refractivity contribution in [3.8, 4) is 0 Å².